The number of hydrogen-bond acceptors (Lipinski definition) is 1. The van der Waals surface area contributed by atoms with Gasteiger partial charge in [-0.1, -0.05) is 0 Å². The number of fused-ring (bicyclic) bond motifs is 1. The maximum atomic E-state index is 5.78. The zero-order valence-corrected chi connectivity index (χ0v) is 4.69. The van der Waals surface area contributed by atoms with Crippen LogP contribution < -0.4 is 0 Å². The lowest BCUT2D eigenvalue weighted by molar-refractivity contribution is 0.325. The Hall–Kier alpha value is 0.250. The number of epoxide rings is 1. The van der Waals surface area contributed by atoms with Gasteiger partial charge in [-0.05, 0) is 12.8 Å². The summed E-state index contributed by atoms with van der Waals surface area (Å²) in [6.45, 7) is 0. The maximum Gasteiger partial charge on any atom is 0.100 e. The van der Waals surface area contributed by atoms with E-state index in [2.05, 4.69) is 0 Å². The third-order valence-electron chi connectivity index (χ3n) is 1.71. The summed E-state index contributed by atoms with van der Waals surface area (Å²) in [6, 6.07) is 0. The molecule has 0 aromatic carbocycles. The lowest BCUT2D eigenvalue weighted by Gasteiger charge is -1.94. The van der Waals surface area contributed by atoms with Crippen LogP contribution in [0.5, 0.6) is 0 Å². The normalized spacial score (nSPS) is 57.0. The molecule has 1 saturated carbocycles. The first-order valence-corrected chi connectivity index (χ1v) is 3.11. The first kappa shape index (κ1) is 4.16. The van der Waals surface area contributed by atoms with Crippen LogP contribution in [-0.4, -0.2) is 17.6 Å². The van der Waals surface area contributed by atoms with Crippen LogP contribution in [0.1, 0.15) is 12.8 Å². The van der Waals surface area contributed by atoms with Crippen molar-refractivity contribution in [3.05, 3.63) is 0 Å². The smallest absolute Gasteiger partial charge is 0.100 e. The van der Waals surface area contributed by atoms with E-state index >= 15 is 0 Å². The van der Waals surface area contributed by atoms with E-state index in [1.54, 1.807) is 0 Å². The molecule has 2 aliphatic rings. The minimum atomic E-state index is 0.338. The van der Waals surface area contributed by atoms with Crippen LogP contribution in [0, 0.1) is 0 Å². The van der Waals surface area contributed by atoms with Gasteiger partial charge in [0.15, 0.2) is 0 Å². The lowest BCUT2D eigenvalue weighted by Crippen LogP contribution is -1.99. The van der Waals surface area contributed by atoms with E-state index in [9.17, 15) is 0 Å². The van der Waals surface area contributed by atoms with Crippen molar-refractivity contribution in [2.45, 2.75) is 30.4 Å². The molecule has 7 heavy (non-hydrogen) atoms. The van der Waals surface area contributed by atoms with Crippen LogP contribution in [0.15, 0.2) is 0 Å². The maximum absolute atomic E-state index is 5.78. The molecule has 1 aliphatic carbocycles. The second-order valence-corrected chi connectivity index (χ2v) is 2.79. The van der Waals surface area contributed by atoms with Crippen LogP contribution in [0.3, 0.4) is 0 Å². The Morgan fingerprint density at radius 1 is 1.43 bits per heavy atom. The van der Waals surface area contributed by atoms with E-state index in [1.165, 1.54) is 6.42 Å². The number of hydrogen-bond donors (Lipinski definition) is 0. The highest BCUT2D eigenvalue weighted by Gasteiger charge is 2.49. The van der Waals surface area contributed by atoms with Gasteiger partial charge in [0, 0.05) is 0 Å². The van der Waals surface area contributed by atoms with Crippen molar-refractivity contribution < 1.29 is 4.74 Å². The molecule has 0 spiro atoms. The number of alkyl halides is 1. The van der Waals surface area contributed by atoms with Crippen molar-refractivity contribution in [3.63, 3.8) is 0 Å². The molecule has 0 radical (unpaired) electrons. The Labute approximate surface area is 47.6 Å². The van der Waals surface area contributed by atoms with Gasteiger partial charge >= 0.3 is 0 Å². The fourth-order valence-corrected chi connectivity index (χ4v) is 1.54. The topological polar surface area (TPSA) is 12.5 Å². The SMILES string of the molecule is ClC1CCC2OC12. The molecular formula is C5H7ClO. The molecule has 3 unspecified atom stereocenters. The summed E-state index contributed by atoms with van der Waals surface area (Å²) in [4.78, 5) is 0. The second kappa shape index (κ2) is 1.15. The van der Waals surface area contributed by atoms with Gasteiger partial charge in [0.2, 0.25) is 0 Å². The molecule has 0 N–H and O–H groups in total. The average molecular weight is 119 g/mol. The van der Waals surface area contributed by atoms with Gasteiger partial charge in [0.05, 0.1) is 11.5 Å². The number of ether oxygens (including phenoxy) is 1. The molecule has 0 amide bonds. The summed E-state index contributed by atoms with van der Waals surface area (Å²) < 4.78 is 5.13. The lowest BCUT2D eigenvalue weighted by atomic mass is 10.4. The highest BCUT2D eigenvalue weighted by Crippen LogP contribution is 2.41. The molecule has 1 heterocycles. The van der Waals surface area contributed by atoms with Gasteiger partial charge in [0.1, 0.15) is 6.10 Å². The van der Waals surface area contributed by atoms with Gasteiger partial charge in [-0.2, -0.15) is 0 Å². The minimum Gasteiger partial charge on any atom is -0.368 e. The minimum absolute atomic E-state index is 0.338. The van der Waals surface area contributed by atoms with Gasteiger partial charge < -0.3 is 4.74 Å². The average Bonchev–Trinajstić information content (AvgIpc) is 2.33. The van der Waals surface area contributed by atoms with Gasteiger partial charge in [-0.3, -0.25) is 0 Å². The molecule has 2 rings (SSSR count). The summed E-state index contributed by atoms with van der Waals surface area (Å²) >= 11 is 5.78. The molecular weight excluding hydrogens is 112 g/mol. The molecule has 0 aromatic rings. The Morgan fingerprint density at radius 2 is 2.29 bits per heavy atom. The summed E-state index contributed by atoms with van der Waals surface area (Å²) in [6.07, 6.45) is 3.36. The Bertz CT molecular complexity index is 94.1. The fourth-order valence-electron chi connectivity index (χ4n) is 1.19. The van der Waals surface area contributed by atoms with Crippen LogP contribution in [0.25, 0.3) is 0 Å². The van der Waals surface area contributed by atoms with Gasteiger partial charge in [-0.15, -0.1) is 11.6 Å². The largest absolute Gasteiger partial charge is 0.368 e. The van der Waals surface area contributed by atoms with E-state index in [0.29, 0.717) is 17.6 Å². The third kappa shape index (κ3) is 0.485. The molecule has 40 valence electrons. The monoisotopic (exact) mass is 118 g/mol. The Balaban J connectivity index is 2.08. The van der Waals surface area contributed by atoms with Crippen LogP contribution >= 0.6 is 11.6 Å². The van der Waals surface area contributed by atoms with Gasteiger partial charge in [-0.25, -0.2) is 0 Å². The predicted octanol–water partition coefficient (Wildman–Crippen LogP) is 1.16. The van der Waals surface area contributed by atoms with Crippen LogP contribution in [0.4, 0.5) is 0 Å². The molecule has 3 atom stereocenters. The van der Waals surface area contributed by atoms with E-state index in [1.807, 2.05) is 0 Å². The van der Waals surface area contributed by atoms with Crippen molar-refractivity contribution in [3.8, 4) is 0 Å². The molecule has 0 bridgehead atoms. The third-order valence-corrected chi connectivity index (χ3v) is 2.17. The zero-order chi connectivity index (χ0) is 4.85. The number of halogens is 1. The van der Waals surface area contributed by atoms with E-state index in [-0.39, 0.29) is 0 Å². The van der Waals surface area contributed by atoms with E-state index in [4.69, 9.17) is 16.3 Å². The van der Waals surface area contributed by atoms with E-state index in [0.717, 1.165) is 6.42 Å². The fraction of sp³-hybridized carbons (Fsp3) is 1.00. The first-order valence-electron chi connectivity index (χ1n) is 2.67. The summed E-state index contributed by atoms with van der Waals surface area (Å²) in [5.74, 6) is 0. The summed E-state index contributed by atoms with van der Waals surface area (Å²) in [7, 11) is 0. The zero-order valence-electron chi connectivity index (χ0n) is 3.93. The van der Waals surface area contributed by atoms with Crippen molar-refractivity contribution in [1.29, 1.82) is 0 Å². The van der Waals surface area contributed by atoms with Crippen molar-refractivity contribution in [2.75, 3.05) is 0 Å². The molecule has 1 nitrogen and oxygen atoms in total. The quantitative estimate of drug-likeness (QED) is 0.344. The van der Waals surface area contributed by atoms with Crippen molar-refractivity contribution in [2.24, 2.45) is 0 Å². The highest BCUT2D eigenvalue weighted by molar-refractivity contribution is 6.21. The van der Waals surface area contributed by atoms with Crippen molar-refractivity contribution in [1.82, 2.24) is 0 Å². The Morgan fingerprint density at radius 3 is 2.43 bits per heavy atom. The molecule has 1 aliphatic heterocycles. The molecule has 2 fully saturated rings. The molecule has 2 heteroatoms. The van der Waals surface area contributed by atoms with Crippen molar-refractivity contribution >= 4 is 11.6 Å². The predicted molar refractivity (Wildman–Crippen MR) is 27.5 cm³/mol. The number of rotatable bonds is 0. The Kier molecular flexibility index (Phi) is 0.682. The highest BCUT2D eigenvalue weighted by atomic mass is 35.5. The summed E-state index contributed by atoms with van der Waals surface area (Å²) in [5, 5.41) is 0.338. The van der Waals surface area contributed by atoms with Gasteiger partial charge in [0.25, 0.3) is 0 Å². The van der Waals surface area contributed by atoms with Crippen LogP contribution in [-0.2, 0) is 4.74 Å². The van der Waals surface area contributed by atoms with Crippen LogP contribution in [0.2, 0.25) is 0 Å². The van der Waals surface area contributed by atoms with E-state index < -0.39 is 0 Å². The summed E-state index contributed by atoms with van der Waals surface area (Å²) in [5.41, 5.74) is 0. The molecule has 1 saturated heterocycles. The molecule has 0 aromatic heterocycles. The first-order chi connectivity index (χ1) is 3.38. The second-order valence-electron chi connectivity index (χ2n) is 2.23. The standard InChI is InChI=1S/C5H7ClO/c6-3-1-2-4-5(3)7-4/h3-5H,1-2H2.